The quantitative estimate of drug-likeness (QED) is 0.178. The molecule has 158 valence electrons. The van der Waals surface area contributed by atoms with Crippen molar-refractivity contribution < 1.29 is 24.6 Å². The first-order valence-electron chi connectivity index (χ1n) is 10.5. The molecule has 0 aliphatic rings. The average Bonchev–Trinajstić information content (AvgIpc) is 2.57. The molecule has 5 nitrogen and oxygen atoms in total. The Balaban J connectivity index is 0. The predicted octanol–water partition coefficient (Wildman–Crippen LogP) is 6.16. The zero-order chi connectivity index (χ0) is 20.8. The Morgan fingerprint density at radius 2 is 1.11 bits per heavy atom. The molecule has 0 amide bonds. The number of carboxylic acid groups (broad SMARTS) is 2. The van der Waals surface area contributed by atoms with E-state index in [2.05, 4.69) is 19.1 Å². The number of allylic oxidation sites excluding steroid dienone is 2. The van der Waals surface area contributed by atoms with Gasteiger partial charge in [-0.2, -0.15) is 0 Å². The minimum atomic E-state index is -1.06. The topological polar surface area (TPSA) is 91.7 Å². The maximum atomic E-state index is 10.3. The summed E-state index contributed by atoms with van der Waals surface area (Å²) < 4.78 is 0. The molecule has 0 aromatic heterocycles. The third-order valence-electron chi connectivity index (χ3n) is 4.05. The molecule has 0 rings (SSSR count). The summed E-state index contributed by atoms with van der Waals surface area (Å²) in [7, 11) is 0. The summed E-state index contributed by atoms with van der Waals surface area (Å²) in [5.74, 6) is -2.04. The number of aliphatic carboxylic acids is 2. The van der Waals surface area contributed by atoms with E-state index in [0.717, 1.165) is 12.8 Å². The van der Waals surface area contributed by atoms with E-state index in [1.165, 1.54) is 77.6 Å². The second kappa shape index (κ2) is 22.4. The fraction of sp³-hybridized carbons (Fsp3) is 0.773. The molecule has 2 N–H and O–H groups in total. The molecule has 0 unspecified atom stereocenters. The summed E-state index contributed by atoms with van der Waals surface area (Å²) in [6, 6.07) is 0. The summed E-state index contributed by atoms with van der Waals surface area (Å²) in [4.78, 5) is 29.8. The van der Waals surface area contributed by atoms with Gasteiger partial charge < -0.3 is 10.2 Å². The van der Waals surface area contributed by atoms with Crippen molar-refractivity contribution in [2.24, 2.45) is 0 Å². The van der Waals surface area contributed by atoms with Gasteiger partial charge in [0, 0.05) is 6.42 Å². The van der Waals surface area contributed by atoms with E-state index < -0.39 is 11.9 Å². The number of rotatable bonds is 17. The fourth-order valence-electron chi connectivity index (χ4n) is 2.56. The van der Waals surface area contributed by atoms with Crippen molar-refractivity contribution in [3.8, 4) is 0 Å². The van der Waals surface area contributed by atoms with Crippen LogP contribution in [0.25, 0.3) is 0 Å². The lowest BCUT2D eigenvalue weighted by Gasteiger charge is -1.99. The number of Topliss-reactive ketones (excluding diaryl/α,β-unsaturated/α-hetero) is 1. The van der Waals surface area contributed by atoms with E-state index in [1.807, 2.05) is 0 Å². The minimum Gasteiger partial charge on any atom is -0.481 e. The molecule has 0 radical (unpaired) electrons. The lowest BCUT2D eigenvalue weighted by atomic mass is 10.1. The maximum absolute atomic E-state index is 10.3. The standard InChI is InChI=1S/C18H34O2.C4H6O3/c1-2-3-4-5-6-7-8-9-10-11-12-13-14-15-16-17-18(19)20;1-3(5)2-4(6)7/h9-10H,2-8,11-17H2,1H3,(H,19,20);2H2,1H3,(H,6,7)/b10-9-;. The highest BCUT2D eigenvalue weighted by Gasteiger charge is 1.98. The molecule has 0 bridgehead atoms. The maximum Gasteiger partial charge on any atom is 0.310 e. The van der Waals surface area contributed by atoms with Crippen LogP contribution < -0.4 is 0 Å². The molecule has 0 atom stereocenters. The number of ketones is 1. The predicted molar refractivity (Wildman–Crippen MR) is 110 cm³/mol. The second-order valence-electron chi connectivity index (χ2n) is 7.00. The van der Waals surface area contributed by atoms with Crippen molar-refractivity contribution >= 4 is 17.7 Å². The first-order valence-corrected chi connectivity index (χ1v) is 10.5. The summed E-state index contributed by atoms with van der Waals surface area (Å²) in [6.07, 6.45) is 20.9. The van der Waals surface area contributed by atoms with Gasteiger partial charge in [0.15, 0.2) is 0 Å². The van der Waals surface area contributed by atoms with Gasteiger partial charge in [-0.15, -0.1) is 0 Å². The van der Waals surface area contributed by atoms with Crippen LogP contribution in [0.4, 0.5) is 0 Å². The molecule has 0 saturated carbocycles. The summed E-state index contributed by atoms with van der Waals surface area (Å²) in [5.41, 5.74) is 0. The second-order valence-corrected chi connectivity index (χ2v) is 7.00. The Morgan fingerprint density at radius 1 is 0.667 bits per heavy atom. The van der Waals surface area contributed by atoms with Crippen LogP contribution in [0.1, 0.15) is 110 Å². The number of hydrogen-bond donors (Lipinski definition) is 2. The number of carbonyl (C=O) groups is 3. The van der Waals surface area contributed by atoms with Crippen molar-refractivity contribution in [3.63, 3.8) is 0 Å². The molecular weight excluding hydrogens is 344 g/mol. The summed E-state index contributed by atoms with van der Waals surface area (Å²) in [5, 5.41) is 16.4. The molecule has 0 aliphatic carbocycles. The van der Waals surface area contributed by atoms with E-state index >= 15 is 0 Å². The first-order chi connectivity index (χ1) is 12.9. The van der Waals surface area contributed by atoms with Gasteiger partial charge in [0.25, 0.3) is 0 Å². The van der Waals surface area contributed by atoms with Crippen LogP contribution in [0, 0.1) is 0 Å². The zero-order valence-electron chi connectivity index (χ0n) is 17.4. The van der Waals surface area contributed by atoms with E-state index in [9.17, 15) is 14.4 Å². The van der Waals surface area contributed by atoms with Gasteiger partial charge in [-0.05, 0) is 39.0 Å². The smallest absolute Gasteiger partial charge is 0.310 e. The largest absolute Gasteiger partial charge is 0.481 e. The number of hydrogen-bond acceptors (Lipinski definition) is 3. The molecule has 0 heterocycles. The number of carbonyl (C=O) groups excluding carboxylic acids is 1. The molecule has 5 heteroatoms. The van der Waals surface area contributed by atoms with Crippen LogP contribution in [-0.4, -0.2) is 27.9 Å². The van der Waals surface area contributed by atoms with Crippen molar-refractivity contribution in [2.45, 2.75) is 110 Å². The van der Waals surface area contributed by atoms with E-state index in [4.69, 9.17) is 10.2 Å². The highest BCUT2D eigenvalue weighted by Crippen LogP contribution is 2.09. The van der Waals surface area contributed by atoms with Gasteiger partial charge in [-0.1, -0.05) is 70.4 Å². The molecule has 0 saturated heterocycles. The lowest BCUT2D eigenvalue weighted by Crippen LogP contribution is -2.00. The van der Waals surface area contributed by atoms with Crippen molar-refractivity contribution in [2.75, 3.05) is 0 Å². The summed E-state index contributed by atoms with van der Waals surface area (Å²) >= 11 is 0. The average molecular weight is 385 g/mol. The monoisotopic (exact) mass is 384 g/mol. The van der Waals surface area contributed by atoms with Crippen LogP contribution in [0.5, 0.6) is 0 Å². The van der Waals surface area contributed by atoms with Crippen LogP contribution in [0.15, 0.2) is 12.2 Å². The van der Waals surface area contributed by atoms with Crippen molar-refractivity contribution in [3.05, 3.63) is 12.2 Å². The first kappa shape index (κ1) is 27.6. The van der Waals surface area contributed by atoms with Crippen LogP contribution in [0.3, 0.4) is 0 Å². The lowest BCUT2D eigenvalue weighted by molar-refractivity contribution is -0.140. The molecule has 0 fully saturated rings. The molecule has 0 aliphatic heterocycles. The third-order valence-corrected chi connectivity index (χ3v) is 4.05. The molecule has 0 aromatic carbocycles. The SMILES string of the molecule is CC(=O)CC(=O)O.CCCCCCCC/C=C\CCCCCCCC(=O)O. The van der Waals surface area contributed by atoms with Gasteiger partial charge in [0.1, 0.15) is 12.2 Å². The Bertz CT molecular complexity index is 390. The Labute approximate surface area is 165 Å². The highest BCUT2D eigenvalue weighted by molar-refractivity contribution is 5.93. The van der Waals surface area contributed by atoms with E-state index in [-0.39, 0.29) is 12.2 Å². The normalized spacial score (nSPS) is 10.4. The van der Waals surface area contributed by atoms with Gasteiger partial charge in [-0.3, -0.25) is 14.4 Å². The van der Waals surface area contributed by atoms with Crippen molar-refractivity contribution in [1.82, 2.24) is 0 Å². The number of unbranched alkanes of at least 4 members (excludes halogenated alkanes) is 11. The Hall–Kier alpha value is -1.65. The van der Waals surface area contributed by atoms with Crippen LogP contribution in [-0.2, 0) is 14.4 Å². The Morgan fingerprint density at radius 3 is 1.48 bits per heavy atom. The van der Waals surface area contributed by atoms with Crippen molar-refractivity contribution in [1.29, 1.82) is 0 Å². The number of carboxylic acids is 2. The van der Waals surface area contributed by atoms with Gasteiger partial charge in [0.2, 0.25) is 0 Å². The minimum absolute atomic E-state index is 0.312. The molecule has 0 aromatic rings. The van der Waals surface area contributed by atoms with E-state index in [1.54, 1.807) is 0 Å². The van der Waals surface area contributed by atoms with Gasteiger partial charge in [0.05, 0.1) is 0 Å². The fourth-order valence-corrected chi connectivity index (χ4v) is 2.56. The highest BCUT2D eigenvalue weighted by atomic mass is 16.4. The Kier molecular flexibility index (Phi) is 22.9. The van der Waals surface area contributed by atoms with E-state index in [0.29, 0.717) is 6.42 Å². The molecule has 27 heavy (non-hydrogen) atoms. The molecular formula is C22H40O5. The molecule has 0 spiro atoms. The third kappa shape index (κ3) is 32.5. The summed E-state index contributed by atoms with van der Waals surface area (Å²) in [6.45, 7) is 3.50. The van der Waals surface area contributed by atoms with Gasteiger partial charge in [-0.25, -0.2) is 0 Å². The van der Waals surface area contributed by atoms with Crippen LogP contribution in [0.2, 0.25) is 0 Å². The van der Waals surface area contributed by atoms with Crippen LogP contribution >= 0.6 is 0 Å². The van der Waals surface area contributed by atoms with Gasteiger partial charge >= 0.3 is 11.9 Å². The zero-order valence-corrected chi connectivity index (χ0v) is 17.4.